The van der Waals surface area contributed by atoms with Crippen molar-refractivity contribution in [1.29, 1.82) is 0 Å². The van der Waals surface area contributed by atoms with Gasteiger partial charge in [0.25, 0.3) is 0 Å². The number of ether oxygens (including phenoxy) is 1. The van der Waals surface area contributed by atoms with Gasteiger partial charge in [-0.1, -0.05) is 28.1 Å². The Morgan fingerprint density at radius 2 is 2.15 bits per heavy atom. The van der Waals surface area contributed by atoms with Crippen molar-refractivity contribution in [2.75, 3.05) is 0 Å². The van der Waals surface area contributed by atoms with Crippen molar-refractivity contribution in [3.8, 4) is 11.6 Å². The van der Waals surface area contributed by atoms with Crippen LogP contribution in [-0.4, -0.2) is 9.38 Å². The van der Waals surface area contributed by atoms with Gasteiger partial charge in [-0.05, 0) is 30.7 Å². The fraction of sp³-hybridized carbons (Fsp3) is 0.133. The molecule has 0 N–H and O–H groups in total. The summed E-state index contributed by atoms with van der Waals surface area (Å²) in [7, 11) is 0. The smallest absolute Gasteiger partial charge is 0.242 e. The van der Waals surface area contributed by atoms with E-state index in [-0.39, 0.29) is 5.82 Å². The van der Waals surface area contributed by atoms with Gasteiger partial charge in [0.2, 0.25) is 5.88 Å². The Labute approximate surface area is 124 Å². The molecule has 0 unspecified atom stereocenters. The van der Waals surface area contributed by atoms with E-state index in [0.717, 1.165) is 16.9 Å². The molecule has 0 atom stereocenters. The van der Waals surface area contributed by atoms with Crippen LogP contribution in [0.25, 0.3) is 5.65 Å². The van der Waals surface area contributed by atoms with Crippen LogP contribution in [0.4, 0.5) is 4.39 Å². The summed E-state index contributed by atoms with van der Waals surface area (Å²) in [5, 5.41) is 0.599. The Kier molecular flexibility index (Phi) is 3.44. The molecule has 0 aliphatic heterocycles. The number of nitrogens with zero attached hydrogens (tertiary/aromatic N) is 2. The third kappa shape index (κ3) is 2.29. The van der Waals surface area contributed by atoms with Crippen molar-refractivity contribution >= 4 is 21.6 Å². The van der Waals surface area contributed by atoms with E-state index in [1.165, 1.54) is 12.1 Å². The van der Waals surface area contributed by atoms with E-state index in [1.807, 2.05) is 35.7 Å². The quantitative estimate of drug-likeness (QED) is 0.660. The summed E-state index contributed by atoms with van der Waals surface area (Å²) < 4.78 is 21.1. The number of rotatable bonds is 3. The Hall–Kier alpha value is -1.88. The highest BCUT2D eigenvalue weighted by molar-refractivity contribution is 9.08. The first kappa shape index (κ1) is 13.1. The summed E-state index contributed by atoms with van der Waals surface area (Å²) >= 11 is 3.44. The predicted molar refractivity (Wildman–Crippen MR) is 79.0 cm³/mol. The molecule has 0 fully saturated rings. The molecule has 0 amide bonds. The Bertz CT molecular complexity index is 770. The fourth-order valence-corrected chi connectivity index (χ4v) is 2.53. The molecule has 3 rings (SSSR count). The molecule has 0 bridgehead atoms. The molecule has 20 heavy (non-hydrogen) atoms. The maximum Gasteiger partial charge on any atom is 0.242 e. The Balaban J connectivity index is 2.08. The van der Waals surface area contributed by atoms with Crippen LogP contribution in [0, 0.1) is 12.7 Å². The Morgan fingerprint density at radius 3 is 2.95 bits per heavy atom. The van der Waals surface area contributed by atoms with Gasteiger partial charge in [-0.25, -0.2) is 4.39 Å². The van der Waals surface area contributed by atoms with Crippen LogP contribution in [0.3, 0.4) is 0 Å². The van der Waals surface area contributed by atoms with Gasteiger partial charge in [-0.3, -0.25) is 4.40 Å². The SMILES string of the molecule is Cc1ccc(F)cc1Oc1nc2ccccn2c1CBr. The van der Waals surface area contributed by atoms with Crippen LogP contribution >= 0.6 is 15.9 Å². The molecule has 2 heterocycles. The van der Waals surface area contributed by atoms with Crippen LogP contribution in [-0.2, 0) is 5.33 Å². The van der Waals surface area contributed by atoms with Gasteiger partial charge in [0.1, 0.15) is 17.2 Å². The third-order valence-corrected chi connectivity index (χ3v) is 3.61. The van der Waals surface area contributed by atoms with E-state index in [0.29, 0.717) is 17.0 Å². The largest absolute Gasteiger partial charge is 0.437 e. The first-order valence-electron chi connectivity index (χ1n) is 6.15. The van der Waals surface area contributed by atoms with E-state index in [1.54, 1.807) is 6.07 Å². The predicted octanol–water partition coefficient (Wildman–Crippen LogP) is 4.47. The van der Waals surface area contributed by atoms with Gasteiger partial charge in [0.05, 0.1) is 5.69 Å². The van der Waals surface area contributed by atoms with Crippen LogP contribution < -0.4 is 4.74 Å². The van der Waals surface area contributed by atoms with Crippen LogP contribution in [0.5, 0.6) is 11.6 Å². The number of benzene rings is 1. The maximum atomic E-state index is 13.3. The van der Waals surface area contributed by atoms with Gasteiger partial charge in [0.15, 0.2) is 0 Å². The number of pyridine rings is 1. The Morgan fingerprint density at radius 1 is 1.30 bits per heavy atom. The monoisotopic (exact) mass is 334 g/mol. The average Bonchev–Trinajstić information content (AvgIpc) is 2.80. The highest BCUT2D eigenvalue weighted by atomic mass is 79.9. The number of imidazole rings is 1. The van der Waals surface area contributed by atoms with Crippen LogP contribution in [0.15, 0.2) is 42.6 Å². The highest BCUT2D eigenvalue weighted by Crippen LogP contribution is 2.29. The first-order chi connectivity index (χ1) is 9.69. The molecule has 0 saturated carbocycles. The lowest BCUT2D eigenvalue weighted by Gasteiger charge is -2.07. The lowest BCUT2D eigenvalue weighted by molar-refractivity contribution is 0.453. The van der Waals surface area contributed by atoms with E-state index >= 15 is 0 Å². The van der Waals surface area contributed by atoms with Crippen molar-refractivity contribution in [3.05, 3.63) is 59.7 Å². The van der Waals surface area contributed by atoms with Gasteiger partial charge in [-0.15, -0.1) is 0 Å². The summed E-state index contributed by atoms with van der Waals surface area (Å²) in [5.41, 5.74) is 2.55. The van der Waals surface area contributed by atoms with Gasteiger partial charge < -0.3 is 4.74 Å². The van der Waals surface area contributed by atoms with E-state index in [9.17, 15) is 4.39 Å². The number of aryl methyl sites for hydroxylation is 1. The number of hydrogen-bond acceptors (Lipinski definition) is 2. The molecule has 2 aromatic heterocycles. The molecule has 0 saturated heterocycles. The standard InChI is InChI=1S/C15H12BrFN2O/c1-10-5-6-11(17)8-13(10)20-15-12(9-16)19-7-3-2-4-14(19)18-15/h2-8H,9H2,1H3. The third-order valence-electron chi connectivity index (χ3n) is 3.08. The molecule has 3 nitrogen and oxygen atoms in total. The zero-order chi connectivity index (χ0) is 14.1. The summed E-state index contributed by atoms with van der Waals surface area (Å²) in [5.74, 6) is 0.645. The minimum Gasteiger partial charge on any atom is -0.437 e. The molecule has 5 heteroatoms. The summed E-state index contributed by atoms with van der Waals surface area (Å²) in [4.78, 5) is 4.44. The second-order valence-corrected chi connectivity index (χ2v) is 5.00. The molecule has 3 aromatic rings. The summed E-state index contributed by atoms with van der Waals surface area (Å²) in [6.07, 6.45) is 1.92. The molecule has 0 radical (unpaired) electrons. The molecule has 102 valence electrons. The van der Waals surface area contributed by atoms with E-state index in [4.69, 9.17) is 4.74 Å². The van der Waals surface area contributed by atoms with Crippen molar-refractivity contribution in [2.45, 2.75) is 12.3 Å². The van der Waals surface area contributed by atoms with Crippen LogP contribution in [0.1, 0.15) is 11.3 Å². The summed E-state index contributed by atoms with van der Waals surface area (Å²) in [6.45, 7) is 1.87. The van der Waals surface area contributed by atoms with Gasteiger partial charge >= 0.3 is 0 Å². The lowest BCUT2D eigenvalue weighted by Crippen LogP contribution is -1.93. The lowest BCUT2D eigenvalue weighted by atomic mass is 10.2. The second-order valence-electron chi connectivity index (χ2n) is 4.44. The number of fused-ring (bicyclic) bond motifs is 1. The number of alkyl halides is 1. The topological polar surface area (TPSA) is 26.5 Å². The van der Waals surface area contributed by atoms with E-state index in [2.05, 4.69) is 20.9 Å². The molecule has 0 spiro atoms. The molecular formula is C15H12BrFN2O. The minimum atomic E-state index is -0.324. The molecule has 0 aliphatic rings. The van der Waals surface area contributed by atoms with Crippen molar-refractivity contribution in [3.63, 3.8) is 0 Å². The number of hydrogen-bond donors (Lipinski definition) is 0. The first-order valence-corrected chi connectivity index (χ1v) is 7.27. The molecule has 1 aromatic carbocycles. The zero-order valence-electron chi connectivity index (χ0n) is 10.8. The fourth-order valence-electron chi connectivity index (χ4n) is 2.02. The van der Waals surface area contributed by atoms with E-state index < -0.39 is 0 Å². The summed E-state index contributed by atoms with van der Waals surface area (Å²) in [6, 6.07) is 10.2. The molecular weight excluding hydrogens is 323 g/mol. The van der Waals surface area contributed by atoms with Gasteiger partial charge in [0, 0.05) is 17.6 Å². The number of aromatic nitrogens is 2. The van der Waals surface area contributed by atoms with Crippen molar-refractivity contribution in [1.82, 2.24) is 9.38 Å². The normalized spacial score (nSPS) is 10.9. The highest BCUT2D eigenvalue weighted by Gasteiger charge is 2.14. The maximum absolute atomic E-state index is 13.3. The zero-order valence-corrected chi connectivity index (χ0v) is 12.4. The second kappa shape index (κ2) is 5.25. The average molecular weight is 335 g/mol. The van der Waals surface area contributed by atoms with Crippen LogP contribution in [0.2, 0.25) is 0 Å². The van der Waals surface area contributed by atoms with Gasteiger partial charge in [-0.2, -0.15) is 4.98 Å². The minimum absolute atomic E-state index is 0.324. The molecule has 0 aliphatic carbocycles. The van der Waals surface area contributed by atoms with Crippen molar-refractivity contribution in [2.24, 2.45) is 0 Å². The van der Waals surface area contributed by atoms with Crippen molar-refractivity contribution < 1.29 is 9.13 Å². The number of halogens is 2.